The average Bonchev–Trinajstić information content (AvgIpc) is 2.80. The predicted molar refractivity (Wildman–Crippen MR) is 120 cm³/mol. The zero-order valence-corrected chi connectivity index (χ0v) is 17.0. The van der Waals surface area contributed by atoms with Crippen LogP contribution in [0.3, 0.4) is 0 Å². The zero-order valence-electron chi connectivity index (χ0n) is 17.0. The molecule has 0 aliphatic carbocycles. The Bertz CT molecular complexity index is 1060. The van der Waals surface area contributed by atoms with E-state index in [2.05, 4.69) is 20.5 Å². The molecule has 1 saturated heterocycles. The fourth-order valence-corrected chi connectivity index (χ4v) is 3.76. The van der Waals surface area contributed by atoms with Gasteiger partial charge in [-0.2, -0.15) is 0 Å². The van der Waals surface area contributed by atoms with Crippen molar-refractivity contribution in [2.24, 2.45) is 5.92 Å². The van der Waals surface area contributed by atoms with Crippen LogP contribution in [0.5, 0.6) is 5.75 Å². The van der Waals surface area contributed by atoms with Crippen molar-refractivity contribution in [1.82, 2.24) is 4.98 Å². The number of amides is 2. The third kappa shape index (κ3) is 5.01. The Morgan fingerprint density at radius 2 is 1.68 bits per heavy atom. The van der Waals surface area contributed by atoms with E-state index in [0.717, 1.165) is 31.6 Å². The monoisotopic (exact) mass is 416 g/mol. The van der Waals surface area contributed by atoms with Gasteiger partial charge in [0.15, 0.2) is 0 Å². The Morgan fingerprint density at radius 3 is 2.42 bits per heavy atom. The molecule has 3 aromatic rings. The molecule has 0 unspecified atom stereocenters. The van der Waals surface area contributed by atoms with Crippen LogP contribution in [0.1, 0.15) is 23.2 Å². The summed E-state index contributed by atoms with van der Waals surface area (Å²) in [6.07, 6.45) is 5.03. The minimum Gasteiger partial charge on any atom is -0.508 e. The lowest BCUT2D eigenvalue weighted by Crippen LogP contribution is -2.38. The fraction of sp³-hybridized carbons (Fsp3) is 0.208. The molecule has 0 saturated carbocycles. The molecule has 1 fully saturated rings. The molecule has 0 radical (unpaired) electrons. The molecule has 2 aromatic carbocycles. The number of nitrogens with zero attached hydrogens (tertiary/aromatic N) is 2. The van der Waals surface area contributed by atoms with Crippen molar-refractivity contribution < 1.29 is 14.7 Å². The highest BCUT2D eigenvalue weighted by molar-refractivity contribution is 6.10. The number of carbonyl (C=O) groups is 2. The number of aromatic nitrogens is 1. The van der Waals surface area contributed by atoms with E-state index < -0.39 is 0 Å². The largest absolute Gasteiger partial charge is 0.508 e. The van der Waals surface area contributed by atoms with E-state index in [1.54, 1.807) is 48.8 Å². The zero-order chi connectivity index (χ0) is 21.6. The molecule has 3 N–H and O–H groups in total. The third-order valence-corrected chi connectivity index (χ3v) is 5.43. The number of hydrogen-bond donors (Lipinski definition) is 3. The van der Waals surface area contributed by atoms with Crippen molar-refractivity contribution >= 4 is 28.9 Å². The number of pyridine rings is 1. The maximum Gasteiger partial charge on any atom is 0.257 e. The van der Waals surface area contributed by atoms with Gasteiger partial charge in [-0.3, -0.25) is 14.6 Å². The first-order chi connectivity index (χ1) is 15.1. The Morgan fingerprint density at radius 1 is 0.935 bits per heavy atom. The maximum atomic E-state index is 12.9. The lowest BCUT2D eigenvalue weighted by molar-refractivity contribution is -0.120. The Kier molecular flexibility index (Phi) is 6.12. The number of nitrogens with one attached hydrogen (secondary N) is 2. The van der Waals surface area contributed by atoms with E-state index in [4.69, 9.17) is 0 Å². The molecule has 1 aliphatic rings. The molecule has 7 nitrogen and oxygen atoms in total. The van der Waals surface area contributed by atoms with Gasteiger partial charge in [0.25, 0.3) is 5.91 Å². The average molecular weight is 416 g/mol. The first kappa shape index (κ1) is 20.4. The summed E-state index contributed by atoms with van der Waals surface area (Å²) in [7, 11) is 0. The normalized spacial score (nSPS) is 14.1. The minimum atomic E-state index is -0.353. The number of rotatable bonds is 5. The number of benzene rings is 2. The number of hydrogen-bond acceptors (Lipinski definition) is 5. The standard InChI is InChI=1S/C24H24N4O3/c29-20-5-3-4-18(16-20)26-24(31)21-6-1-2-7-22(21)27-23(30)17-10-14-28(15-11-17)19-8-12-25-13-9-19/h1-9,12-13,16-17,29H,10-11,14-15H2,(H,26,31)(H,27,30). The van der Waals surface area contributed by atoms with Crippen LogP contribution >= 0.6 is 0 Å². The van der Waals surface area contributed by atoms with E-state index in [0.29, 0.717) is 16.9 Å². The van der Waals surface area contributed by atoms with Gasteiger partial charge in [-0.05, 0) is 49.2 Å². The number of carbonyl (C=O) groups excluding carboxylic acids is 2. The van der Waals surface area contributed by atoms with Crippen molar-refractivity contribution in [3.8, 4) is 5.75 Å². The molecule has 1 aromatic heterocycles. The maximum absolute atomic E-state index is 12.9. The number of aromatic hydroxyl groups is 1. The smallest absolute Gasteiger partial charge is 0.257 e. The van der Waals surface area contributed by atoms with E-state index in [1.807, 2.05) is 12.1 Å². The SMILES string of the molecule is O=C(Nc1cccc(O)c1)c1ccccc1NC(=O)C1CCN(c2ccncc2)CC1. The van der Waals surface area contributed by atoms with Crippen LogP contribution in [0, 0.1) is 5.92 Å². The second-order valence-corrected chi connectivity index (χ2v) is 7.51. The van der Waals surface area contributed by atoms with E-state index in [1.165, 1.54) is 12.1 Å². The van der Waals surface area contributed by atoms with E-state index >= 15 is 0 Å². The molecule has 0 atom stereocenters. The molecule has 0 spiro atoms. The van der Waals surface area contributed by atoms with Gasteiger partial charge < -0.3 is 20.6 Å². The summed E-state index contributed by atoms with van der Waals surface area (Å²) in [5.74, 6) is -0.473. The van der Waals surface area contributed by atoms with Gasteiger partial charge in [-0.25, -0.2) is 0 Å². The third-order valence-electron chi connectivity index (χ3n) is 5.43. The molecule has 2 heterocycles. The second kappa shape index (κ2) is 9.30. The molecule has 7 heteroatoms. The Hall–Kier alpha value is -3.87. The molecule has 4 rings (SSSR count). The van der Waals surface area contributed by atoms with Gasteiger partial charge >= 0.3 is 0 Å². The minimum absolute atomic E-state index is 0.0671. The quantitative estimate of drug-likeness (QED) is 0.587. The van der Waals surface area contributed by atoms with Crippen LogP contribution in [0.4, 0.5) is 17.1 Å². The van der Waals surface area contributed by atoms with E-state index in [9.17, 15) is 14.7 Å². The summed E-state index contributed by atoms with van der Waals surface area (Å²) in [6, 6.07) is 17.2. The van der Waals surface area contributed by atoms with Crippen molar-refractivity contribution in [1.29, 1.82) is 0 Å². The molecule has 31 heavy (non-hydrogen) atoms. The highest BCUT2D eigenvalue weighted by Crippen LogP contribution is 2.25. The highest BCUT2D eigenvalue weighted by atomic mass is 16.3. The number of para-hydroxylation sites is 1. The molecule has 0 bridgehead atoms. The van der Waals surface area contributed by atoms with Crippen molar-refractivity contribution in [2.75, 3.05) is 28.6 Å². The van der Waals surface area contributed by atoms with Crippen LogP contribution in [0.25, 0.3) is 0 Å². The summed E-state index contributed by atoms with van der Waals surface area (Å²) in [5.41, 5.74) is 2.44. The number of phenolic OH excluding ortho intramolecular Hbond substituents is 1. The summed E-state index contributed by atoms with van der Waals surface area (Å²) >= 11 is 0. The summed E-state index contributed by atoms with van der Waals surface area (Å²) in [5, 5.41) is 15.3. The molecule has 2 amide bonds. The topological polar surface area (TPSA) is 94.6 Å². The van der Waals surface area contributed by atoms with Gasteiger partial charge in [0.2, 0.25) is 5.91 Å². The van der Waals surface area contributed by atoms with Crippen LogP contribution in [-0.4, -0.2) is 35.0 Å². The van der Waals surface area contributed by atoms with Gasteiger partial charge in [0.05, 0.1) is 11.3 Å². The highest BCUT2D eigenvalue weighted by Gasteiger charge is 2.26. The second-order valence-electron chi connectivity index (χ2n) is 7.51. The molecular formula is C24H24N4O3. The first-order valence-corrected chi connectivity index (χ1v) is 10.3. The molecule has 158 valence electrons. The summed E-state index contributed by atoms with van der Waals surface area (Å²) in [4.78, 5) is 31.9. The number of phenols is 1. The van der Waals surface area contributed by atoms with E-state index in [-0.39, 0.29) is 23.5 Å². The van der Waals surface area contributed by atoms with Gasteiger partial charge in [0.1, 0.15) is 5.75 Å². The summed E-state index contributed by atoms with van der Waals surface area (Å²) in [6.45, 7) is 1.59. The lowest BCUT2D eigenvalue weighted by Gasteiger charge is -2.33. The van der Waals surface area contributed by atoms with Crippen LogP contribution in [0.2, 0.25) is 0 Å². The molecule has 1 aliphatic heterocycles. The van der Waals surface area contributed by atoms with Gasteiger partial charge in [0, 0.05) is 48.8 Å². The molecular weight excluding hydrogens is 392 g/mol. The van der Waals surface area contributed by atoms with Crippen molar-refractivity contribution in [2.45, 2.75) is 12.8 Å². The number of anilines is 3. The van der Waals surface area contributed by atoms with Crippen LogP contribution < -0.4 is 15.5 Å². The predicted octanol–water partition coefficient (Wildman–Crippen LogP) is 3.89. The number of piperidine rings is 1. The van der Waals surface area contributed by atoms with Crippen molar-refractivity contribution in [3.63, 3.8) is 0 Å². The Balaban J connectivity index is 1.39. The first-order valence-electron chi connectivity index (χ1n) is 10.3. The van der Waals surface area contributed by atoms with Crippen LogP contribution in [-0.2, 0) is 4.79 Å². The lowest BCUT2D eigenvalue weighted by atomic mass is 9.95. The van der Waals surface area contributed by atoms with Gasteiger partial charge in [-0.15, -0.1) is 0 Å². The Labute approximate surface area is 180 Å². The van der Waals surface area contributed by atoms with Gasteiger partial charge in [-0.1, -0.05) is 18.2 Å². The summed E-state index contributed by atoms with van der Waals surface area (Å²) < 4.78 is 0. The van der Waals surface area contributed by atoms with Crippen molar-refractivity contribution in [3.05, 3.63) is 78.6 Å². The van der Waals surface area contributed by atoms with Crippen LogP contribution in [0.15, 0.2) is 73.1 Å². The fourth-order valence-electron chi connectivity index (χ4n) is 3.76.